The Morgan fingerprint density at radius 1 is 0.383 bits per heavy atom. The van der Waals surface area contributed by atoms with Gasteiger partial charge in [-0.05, 0) is 164 Å². The summed E-state index contributed by atoms with van der Waals surface area (Å²) in [4.78, 5) is 65.9. The van der Waals surface area contributed by atoms with Crippen LogP contribution in [0.15, 0.2) is 165 Å². The SMILES string of the molecule is Cn1cc(S(=O)(=O)Nc2cn3c(cnc4[nH]cc(C5CCOCC5)c43)n2)cn1.O=S(=O)(CC1CCCO1)Nc1cn2c(cnc3[nH]cc(C4CCOCC4)c32)n1.O=S(=O)(Nc1cn2c(cnc3[nH]cc(C4CCOCC4)c32)n1)N1CCCC1.c1ccc(Cc2cn3c(cnc4[nH]cc(C5CCOCC5)c43)n2)cc1.c1cncc(Cc2cn3c(cnc4[nH]cc(C5CCOCC5)c43)n2)c1. The molecule has 42 heteroatoms. The third-order valence-electron chi connectivity index (χ3n) is 26.0. The minimum Gasteiger partial charge on any atom is -0.381 e. The number of hydrogen-bond donors (Lipinski definition) is 8. The average molecular weight is 1860 g/mol. The number of H-pyrrole nitrogens is 5. The van der Waals surface area contributed by atoms with Crippen LogP contribution in [0.2, 0.25) is 0 Å². The number of benzene rings is 1. The van der Waals surface area contributed by atoms with E-state index in [2.05, 4.69) is 153 Å². The molecule has 24 heterocycles. The number of rotatable bonds is 19. The molecule has 17 aromatic heterocycles. The van der Waals surface area contributed by atoms with Crippen molar-refractivity contribution in [1.29, 1.82) is 0 Å². The van der Waals surface area contributed by atoms with Gasteiger partial charge in [-0.15, -0.1) is 0 Å². The zero-order chi connectivity index (χ0) is 90.2. The van der Waals surface area contributed by atoms with Crippen LogP contribution in [0.25, 0.3) is 84.1 Å². The van der Waals surface area contributed by atoms with Crippen molar-refractivity contribution < 1.29 is 53.7 Å². The molecule has 0 amide bonds. The lowest BCUT2D eigenvalue weighted by Gasteiger charge is -2.21. The van der Waals surface area contributed by atoms with Crippen LogP contribution in [-0.2, 0) is 78.6 Å². The maximum Gasteiger partial charge on any atom is 0.302 e. The molecule has 0 saturated carbocycles. The largest absolute Gasteiger partial charge is 0.381 e. The van der Waals surface area contributed by atoms with Crippen molar-refractivity contribution in [2.45, 2.75) is 143 Å². The number of aromatic nitrogens is 23. The first-order valence-electron chi connectivity index (χ1n) is 45.4. The van der Waals surface area contributed by atoms with E-state index in [0.29, 0.717) is 77.9 Å². The number of hydrogen-bond acceptors (Lipinski definition) is 24. The van der Waals surface area contributed by atoms with Crippen LogP contribution in [0.3, 0.4) is 0 Å². The van der Waals surface area contributed by atoms with Crippen LogP contribution in [0.5, 0.6) is 0 Å². The highest BCUT2D eigenvalue weighted by Crippen LogP contribution is 2.40. The molecule has 7 aliphatic rings. The number of aromatic amines is 5. The normalized spacial score (nSPS) is 18.0. The molecule has 7 fully saturated rings. The monoisotopic (exact) mass is 1860 g/mol. The van der Waals surface area contributed by atoms with Crippen LogP contribution in [0.4, 0.5) is 17.5 Å². The van der Waals surface area contributed by atoms with E-state index >= 15 is 0 Å². The zero-order valence-corrected chi connectivity index (χ0v) is 75.8. The molecule has 18 aromatic rings. The van der Waals surface area contributed by atoms with Gasteiger partial charge in [0.05, 0.1) is 107 Å². The van der Waals surface area contributed by atoms with Crippen molar-refractivity contribution in [3.8, 4) is 0 Å². The van der Waals surface area contributed by atoms with Crippen LogP contribution in [0, 0.1) is 0 Å². The van der Waals surface area contributed by atoms with E-state index in [-0.39, 0.29) is 22.6 Å². The molecule has 1 aromatic carbocycles. The lowest BCUT2D eigenvalue weighted by Crippen LogP contribution is -2.33. The van der Waals surface area contributed by atoms with E-state index in [1.165, 1.54) is 49.2 Å². The topological polar surface area (TPSA) is 458 Å². The Bertz CT molecular complexity index is 7350. The van der Waals surface area contributed by atoms with Crippen molar-refractivity contribution in [2.75, 3.05) is 106 Å². The van der Waals surface area contributed by atoms with Gasteiger partial charge in [-0.3, -0.25) is 45.8 Å². The molecule has 0 spiro atoms. The summed E-state index contributed by atoms with van der Waals surface area (Å²) in [6.07, 6.45) is 49.4. The summed E-state index contributed by atoms with van der Waals surface area (Å²) in [6, 6.07) is 14.5. The van der Waals surface area contributed by atoms with Crippen LogP contribution < -0.4 is 14.2 Å². The Kier molecular flexibility index (Phi) is 24.7. The predicted octanol–water partition coefficient (Wildman–Crippen LogP) is 12.3. The minimum absolute atomic E-state index is 0.0496. The molecule has 39 nitrogen and oxygen atoms in total. The summed E-state index contributed by atoms with van der Waals surface area (Å²) in [7, 11) is -9.20. The maximum absolute atomic E-state index is 12.6. The summed E-state index contributed by atoms with van der Waals surface area (Å²) in [5, 5.41) is 3.91. The van der Waals surface area contributed by atoms with Gasteiger partial charge in [0.1, 0.15) is 4.90 Å². The fourth-order valence-electron chi connectivity index (χ4n) is 19.4. The van der Waals surface area contributed by atoms with Crippen molar-refractivity contribution >= 4 is 132 Å². The fourth-order valence-corrected chi connectivity index (χ4v) is 22.9. The van der Waals surface area contributed by atoms with Crippen molar-refractivity contribution in [3.05, 3.63) is 211 Å². The molecular weight excluding hydrogens is 1760 g/mol. The van der Waals surface area contributed by atoms with E-state index in [0.717, 1.165) is 258 Å². The van der Waals surface area contributed by atoms with Crippen molar-refractivity contribution in [2.24, 2.45) is 7.05 Å². The van der Waals surface area contributed by atoms with Gasteiger partial charge in [0.15, 0.2) is 73.9 Å². The highest BCUT2D eigenvalue weighted by Gasteiger charge is 2.32. The molecule has 25 rings (SSSR count). The second kappa shape index (κ2) is 37.8. The van der Waals surface area contributed by atoms with Gasteiger partial charge in [0.25, 0.3) is 10.0 Å². The summed E-state index contributed by atoms with van der Waals surface area (Å²) >= 11 is 0. The molecule has 1 atom stereocenters. The number of sulfonamides is 2. The Morgan fingerprint density at radius 2 is 0.752 bits per heavy atom. The minimum atomic E-state index is -3.76. The molecular formula is C91H103N27O12S3. The van der Waals surface area contributed by atoms with Crippen LogP contribution in [0.1, 0.15) is 170 Å². The van der Waals surface area contributed by atoms with Gasteiger partial charge < -0.3 is 53.3 Å². The Morgan fingerprint density at radius 3 is 1.12 bits per heavy atom. The molecule has 0 bridgehead atoms. The first-order valence-corrected chi connectivity index (χ1v) is 50.0. The molecule has 1 unspecified atom stereocenters. The standard InChI is InChI=1S/C20H20N4O.C19H19N5O.C18H23N5O4S.C17H19N7O3S.C17H22N6O3S/c1-2-4-14(5-3-1)10-16-13-24-18(23-16)12-22-20-19(24)17(11-21-20)15-6-8-25-9-7-15;1-2-13(9-20-5-1)8-15-12-24-17(23-15)11-22-19-18(24)16(10-21-19)14-3-6-25-7-4-14;24-28(25,11-13-2-1-5-27-13)22-15-10-23-16(21-15)9-20-18-17(23)14(8-19-18)12-3-6-26-7-4-12;1-23-9-12(6-20-23)28(25,26)22-14-10-24-15(21-14)8-19-17-16(24)13(7-18-17)11-2-4-27-5-3-11;24-27(25,22-5-1-2-6-22)21-14-11-23-15(20-14)10-19-17-16(23)13(9-18-17)12-3-7-26-8-4-12/h1-5,11-13,15,21H,6-10H2;1-2,5,9-12,14,21H,3-4,6-8H2;8-10,12-13,19,22H,1-7,11H2;6-11,18,22H,2-5H2,1H3;9-12,18,21H,1-8H2. The number of ether oxygens (including phenoxy) is 6. The van der Waals surface area contributed by atoms with E-state index in [4.69, 9.17) is 38.4 Å². The molecule has 0 aliphatic carbocycles. The van der Waals surface area contributed by atoms with E-state index in [1.54, 1.807) is 50.4 Å². The Balaban J connectivity index is 0.000000100. The number of nitrogens with one attached hydrogen (secondary N) is 8. The smallest absolute Gasteiger partial charge is 0.302 e. The van der Waals surface area contributed by atoms with Gasteiger partial charge in [-0.2, -0.15) is 17.8 Å². The van der Waals surface area contributed by atoms with E-state index in [9.17, 15) is 25.3 Å². The first-order chi connectivity index (χ1) is 65.0. The molecule has 8 N–H and O–H groups in total. The highest BCUT2D eigenvalue weighted by atomic mass is 32.2. The second-order valence-corrected chi connectivity index (χ2v) is 39.9. The number of nitrogens with zero attached hydrogens (tertiary/aromatic N) is 19. The van der Waals surface area contributed by atoms with Crippen molar-refractivity contribution in [3.63, 3.8) is 0 Å². The fraction of sp³-hybridized carbons (Fsp3) is 0.407. The van der Waals surface area contributed by atoms with Gasteiger partial charge in [0, 0.05) is 168 Å². The highest BCUT2D eigenvalue weighted by molar-refractivity contribution is 7.93. The van der Waals surface area contributed by atoms with E-state index < -0.39 is 30.3 Å². The maximum atomic E-state index is 12.6. The quantitative estimate of drug-likeness (QED) is 0.0373. The summed E-state index contributed by atoms with van der Waals surface area (Å²) in [5.41, 5.74) is 23.5. The molecule has 7 saturated heterocycles. The molecule has 7 aliphatic heterocycles. The Hall–Kier alpha value is -12.7. The second-order valence-electron chi connectivity index (χ2n) is 34.8. The van der Waals surface area contributed by atoms with Crippen LogP contribution >= 0.6 is 0 Å². The lowest BCUT2D eigenvalue weighted by molar-refractivity contribution is 0.0854. The number of aryl methyl sites for hydroxylation is 1. The predicted molar refractivity (Wildman–Crippen MR) is 498 cm³/mol. The number of anilines is 3. The lowest BCUT2D eigenvalue weighted by atomic mass is 9.93. The average Bonchev–Trinajstić information content (AvgIpc) is 1.63. The van der Waals surface area contributed by atoms with E-state index in [1.807, 2.05) is 62.5 Å². The Labute approximate surface area is 763 Å². The number of fused-ring (bicyclic) bond motifs is 15. The third kappa shape index (κ3) is 18.7. The third-order valence-corrected chi connectivity index (χ3v) is 30.2. The summed E-state index contributed by atoms with van der Waals surface area (Å²) < 4.78 is 129. The molecule has 692 valence electrons. The number of imidazole rings is 5. The van der Waals surface area contributed by atoms with Crippen molar-refractivity contribution in [1.82, 2.24) is 116 Å². The summed E-state index contributed by atoms with van der Waals surface area (Å²) in [6.45, 7) is 9.56. The molecule has 133 heavy (non-hydrogen) atoms. The van der Waals surface area contributed by atoms with Gasteiger partial charge in [-0.25, -0.2) is 66.7 Å². The molecule has 0 radical (unpaired) electrons. The van der Waals surface area contributed by atoms with Gasteiger partial charge >= 0.3 is 10.2 Å². The first kappa shape index (κ1) is 87.0. The van der Waals surface area contributed by atoms with Gasteiger partial charge in [0.2, 0.25) is 10.0 Å². The zero-order valence-electron chi connectivity index (χ0n) is 73.3. The summed E-state index contributed by atoms with van der Waals surface area (Å²) in [5.74, 6) is 2.98. The van der Waals surface area contributed by atoms with Crippen LogP contribution in [-0.4, -0.2) is 239 Å². The number of pyridine rings is 1. The van der Waals surface area contributed by atoms with Gasteiger partial charge in [-0.1, -0.05) is 36.4 Å².